The molecule has 4 aliphatic rings. The molecule has 0 radical (unpaired) electrons. The Morgan fingerprint density at radius 2 is 1.11 bits per heavy atom. The molecule has 0 nitrogen and oxygen atoms in total. The Morgan fingerprint density at radius 1 is 0.514 bits per heavy atom. The zero-order chi connectivity index (χ0) is 25.0. The molecule has 35 heavy (non-hydrogen) atoms. The lowest BCUT2D eigenvalue weighted by molar-refractivity contribution is 0.0885. The summed E-state index contributed by atoms with van der Waals surface area (Å²) in [5, 5.41) is 0. The minimum Gasteiger partial charge on any atom is -0.0654 e. The maximum atomic E-state index is 2.46. The van der Waals surface area contributed by atoms with Gasteiger partial charge in [-0.25, -0.2) is 0 Å². The first-order valence-corrected chi connectivity index (χ1v) is 17.1. The van der Waals surface area contributed by atoms with E-state index in [0.717, 1.165) is 53.3 Å². The van der Waals surface area contributed by atoms with Crippen molar-refractivity contribution in [3.63, 3.8) is 0 Å². The molecule has 0 amide bonds. The minimum absolute atomic E-state index is 0.984. The van der Waals surface area contributed by atoms with Crippen LogP contribution in [0.3, 0.4) is 0 Å². The summed E-state index contributed by atoms with van der Waals surface area (Å²) >= 11 is 0. The van der Waals surface area contributed by atoms with Crippen LogP contribution >= 0.6 is 0 Å². The Labute approximate surface area is 222 Å². The van der Waals surface area contributed by atoms with E-state index in [1.54, 1.807) is 70.6 Å². The van der Waals surface area contributed by atoms with Gasteiger partial charge in [0.1, 0.15) is 0 Å². The van der Waals surface area contributed by atoms with Crippen molar-refractivity contribution in [2.24, 2.45) is 53.3 Å². The minimum atomic E-state index is 0.984. The lowest BCUT2D eigenvalue weighted by Gasteiger charge is -2.41. The van der Waals surface area contributed by atoms with Gasteiger partial charge < -0.3 is 0 Å². The second-order valence-electron chi connectivity index (χ2n) is 13.7. The number of unbranched alkanes of at least 4 members (excludes halogenated alkanes) is 2. The van der Waals surface area contributed by atoms with Crippen LogP contribution < -0.4 is 0 Å². The molecular weight excluding hydrogens is 420 g/mol. The quantitative estimate of drug-likeness (QED) is 0.284. The van der Waals surface area contributed by atoms with Crippen LogP contribution in [0.25, 0.3) is 0 Å². The summed E-state index contributed by atoms with van der Waals surface area (Å²) < 4.78 is 0. The van der Waals surface area contributed by atoms with Gasteiger partial charge >= 0.3 is 0 Å². The molecule has 0 N–H and O–H groups in total. The molecule has 206 valence electrons. The summed E-state index contributed by atoms with van der Waals surface area (Å²) in [5.41, 5.74) is 0. The summed E-state index contributed by atoms with van der Waals surface area (Å²) in [6.45, 7) is 12.0. The Kier molecular flexibility index (Phi) is 13.6. The third-order valence-electron chi connectivity index (χ3n) is 11.9. The molecule has 4 rings (SSSR count). The summed E-state index contributed by atoms with van der Waals surface area (Å²) in [6.07, 6.45) is 31.9. The highest BCUT2D eigenvalue weighted by Gasteiger charge is 2.43. The summed E-state index contributed by atoms with van der Waals surface area (Å²) in [6, 6.07) is 0. The Morgan fingerprint density at radius 3 is 1.69 bits per heavy atom. The largest absolute Gasteiger partial charge is 0.0654 e. The molecule has 0 aromatic rings. The molecule has 0 heterocycles. The molecule has 7 atom stereocenters. The fraction of sp³-hybridized carbons (Fsp3) is 1.00. The summed E-state index contributed by atoms with van der Waals surface area (Å²) in [5.74, 6) is 9.69. The van der Waals surface area contributed by atoms with Crippen LogP contribution in [0.2, 0.25) is 0 Å². The average molecular weight is 487 g/mol. The first-order valence-electron chi connectivity index (χ1n) is 17.1. The van der Waals surface area contributed by atoms with Crippen molar-refractivity contribution in [2.75, 3.05) is 0 Å². The fourth-order valence-corrected chi connectivity index (χ4v) is 10.0. The standard InChI is InChI=1S/C22H40.C13H26/c1-2-3-6-13-20-16-17-21(18-11-7-4-8-12-18)22(20)19-14-9-5-10-15-19;1-5-11-9-8-10(4)12(6-2)13(11)7-3/h18-22H,2-17H2,1H3;10-13H,5-9H2,1-4H3. The van der Waals surface area contributed by atoms with Gasteiger partial charge in [-0.15, -0.1) is 0 Å². The molecule has 7 unspecified atom stereocenters. The van der Waals surface area contributed by atoms with Gasteiger partial charge in [0, 0.05) is 0 Å². The van der Waals surface area contributed by atoms with Crippen molar-refractivity contribution in [3.8, 4) is 0 Å². The van der Waals surface area contributed by atoms with Gasteiger partial charge in [-0.2, -0.15) is 0 Å². The Balaban J connectivity index is 0.000000225. The third kappa shape index (κ3) is 8.24. The zero-order valence-electron chi connectivity index (χ0n) is 25.0. The lowest BCUT2D eigenvalue weighted by Crippen LogP contribution is -2.32. The van der Waals surface area contributed by atoms with Crippen molar-refractivity contribution >= 4 is 0 Å². The maximum Gasteiger partial charge on any atom is -0.0326 e. The highest BCUT2D eigenvalue weighted by molar-refractivity contribution is 4.93. The van der Waals surface area contributed by atoms with Gasteiger partial charge in [0.25, 0.3) is 0 Å². The van der Waals surface area contributed by atoms with Crippen molar-refractivity contribution in [1.29, 1.82) is 0 Å². The zero-order valence-corrected chi connectivity index (χ0v) is 25.0. The van der Waals surface area contributed by atoms with E-state index in [1.807, 2.05) is 0 Å². The fourth-order valence-electron chi connectivity index (χ4n) is 10.0. The second-order valence-corrected chi connectivity index (χ2v) is 13.7. The van der Waals surface area contributed by atoms with Crippen LogP contribution in [0.15, 0.2) is 0 Å². The molecule has 0 aromatic heterocycles. The van der Waals surface area contributed by atoms with E-state index < -0.39 is 0 Å². The van der Waals surface area contributed by atoms with Gasteiger partial charge in [-0.3, -0.25) is 0 Å². The lowest BCUT2D eigenvalue weighted by atomic mass is 9.64. The molecule has 4 saturated carbocycles. The van der Waals surface area contributed by atoms with Crippen molar-refractivity contribution < 1.29 is 0 Å². The van der Waals surface area contributed by atoms with E-state index >= 15 is 0 Å². The van der Waals surface area contributed by atoms with Crippen LogP contribution in [-0.4, -0.2) is 0 Å². The van der Waals surface area contributed by atoms with Crippen molar-refractivity contribution in [1.82, 2.24) is 0 Å². The number of hydrogen-bond acceptors (Lipinski definition) is 0. The van der Waals surface area contributed by atoms with E-state index in [-0.39, 0.29) is 0 Å². The molecule has 0 aliphatic heterocycles. The van der Waals surface area contributed by atoms with E-state index in [4.69, 9.17) is 0 Å². The van der Waals surface area contributed by atoms with E-state index in [0.29, 0.717) is 0 Å². The molecule has 4 aliphatic carbocycles. The van der Waals surface area contributed by atoms with E-state index in [9.17, 15) is 0 Å². The molecule has 0 aromatic carbocycles. The van der Waals surface area contributed by atoms with Crippen LogP contribution in [0, 0.1) is 53.3 Å². The highest BCUT2D eigenvalue weighted by atomic mass is 14.5. The van der Waals surface area contributed by atoms with Crippen LogP contribution in [0.5, 0.6) is 0 Å². The predicted octanol–water partition coefficient (Wildman–Crippen LogP) is 11.9. The average Bonchev–Trinajstić information content (AvgIpc) is 3.34. The van der Waals surface area contributed by atoms with Crippen molar-refractivity contribution in [2.45, 2.75) is 169 Å². The normalized spacial score (nSPS) is 37.1. The third-order valence-corrected chi connectivity index (χ3v) is 11.9. The predicted molar refractivity (Wildman–Crippen MR) is 157 cm³/mol. The summed E-state index contributed by atoms with van der Waals surface area (Å²) in [4.78, 5) is 0. The topological polar surface area (TPSA) is 0 Å². The van der Waals surface area contributed by atoms with Gasteiger partial charge in [-0.05, 0) is 72.5 Å². The SMILES string of the molecule is CCC1CCC(C)C(CC)C1CC.CCCCCC1CCC(C2CCCCC2)C1C1CCCCC1. The van der Waals surface area contributed by atoms with Gasteiger partial charge in [0.15, 0.2) is 0 Å². The molecule has 4 fully saturated rings. The molecule has 0 saturated heterocycles. The number of rotatable bonds is 9. The van der Waals surface area contributed by atoms with Gasteiger partial charge in [-0.1, -0.05) is 150 Å². The maximum absolute atomic E-state index is 2.46. The molecule has 0 heteroatoms. The van der Waals surface area contributed by atoms with Crippen LogP contribution in [-0.2, 0) is 0 Å². The molecular formula is C35H66. The van der Waals surface area contributed by atoms with E-state index in [2.05, 4.69) is 34.6 Å². The molecule has 0 spiro atoms. The van der Waals surface area contributed by atoms with Gasteiger partial charge in [0.05, 0.1) is 0 Å². The second kappa shape index (κ2) is 16.1. The smallest absolute Gasteiger partial charge is 0.0326 e. The molecule has 0 bridgehead atoms. The van der Waals surface area contributed by atoms with Gasteiger partial charge in [0.2, 0.25) is 0 Å². The first kappa shape index (κ1) is 29.6. The van der Waals surface area contributed by atoms with Crippen LogP contribution in [0.1, 0.15) is 169 Å². The monoisotopic (exact) mass is 487 g/mol. The van der Waals surface area contributed by atoms with Crippen molar-refractivity contribution in [3.05, 3.63) is 0 Å². The Hall–Kier alpha value is 0. The number of hydrogen-bond donors (Lipinski definition) is 0. The van der Waals surface area contributed by atoms with Crippen LogP contribution in [0.4, 0.5) is 0 Å². The highest BCUT2D eigenvalue weighted by Crippen LogP contribution is 2.53. The Bertz CT molecular complexity index is 524. The first-order chi connectivity index (χ1) is 17.1. The van der Waals surface area contributed by atoms with E-state index in [1.165, 1.54) is 64.2 Å². The summed E-state index contributed by atoms with van der Waals surface area (Å²) in [7, 11) is 0.